The molecule has 0 spiro atoms. The van der Waals surface area contributed by atoms with Crippen LogP contribution < -0.4 is 10.5 Å². The number of aromatic nitrogens is 5. The van der Waals surface area contributed by atoms with E-state index in [1.807, 2.05) is 22.9 Å². The molecule has 6 rings (SSSR count). The molecule has 9 heteroatoms. The van der Waals surface area contributed by atoms with Crippen molar-refractivity contribution >= 4 is 16.6 Å². The maximum Gasteiger partial charge on any atom is 0.253 e. The second-order valence-corrected chi connectivity index (χ2v) is 10.7. The van der Waals surface area contributed by atoms with Gasteiger partial charge in [-0.25, -0.2) is 4.68 Å². The van der Waals surface area contributed by atoms with Crippen molar-refractivity contribution in [3.05, 3.63) is 80.9 Å². The number of piperazine rings is 1. The van der Waals surface area contributed by atoms with E-state index in [2.05, 4.69) is 75.3 Å². The van der Waals surface area contributed by atoms with Gasteiger partial charge in [0.15, 0.2) is 5.82 Å². The third-order valence-corrected chi connectivity index (χ3v) is 7.91. The molecule has 2 saturated heterocycles. The summed E-state index contributed by atoms with van der Waals surface area (Å²) in [4.78, 5) is 21.4. The maximum absolute atomic E-state index is 13.5. The van der Waals surface area contributed by atoms with Gasteiger partial charge in [-0.15, -0.1) is 5.10 Å². The van der Waals surface area contributed by atoms with Gasteiger partial charge < -0.3 is 14.6 Å². The molecule has 0 saturated carbocycles. The van der Waals surface area contributed by atoms with Crippen LogP contribution in [0.2, 0.25) is 0 Å². The normalized spacial score (nSPS) is 19.3. The standard InChI is InChI=1S/C29H35N7O2/c1-19-7-9-25-22(15-19)17-24(29(37)30-25)27(28-31-32-33-36(28)18-23-5-4-14-38-23)35-12-10-34(11-13-35)26-16-20(2)6-8-21(26)3/h6-9,15-17,23,27H,4-5,10-14,18H2,1-3H3,(H,30,37)/t23-,27-/m1/s1. The number of ether oxygens (including phenoxy) is 1. The summed E-state index contributed by atoms with van der Waals surface area (Å²) in [6.45, 7) is 11.0. The molecule has 2 aromatic carbocycles. The van der Waals surface area contributed by atoms with Crippen molar-refractivity contribution in [2.45, 2.75) is 52.3 Å². The molecule has 2 fully saturated rings. The lowest BCUT2D eigenvalue weighted by Crippen LogP contribution is -2.49. The molecular weight excluding hydrogens is 478 g/mol. The number of hydrogen-bond acceptors (Lipinski definition) is 7. The highest BCUT2D eigenvalue weighted by Gasteiger charge is 2.33. The average molecular weight is 514 g/mol. The van der Waals surface area contributed by atoms with Gasteiger partial charge in [-0.3, -0.25) is 9.69 Å². The van der Waals surface area contributed by atoms with E-state index >= 15 is 0 Å². The first-order chi connectivity index (χ1) is 18.5. The number of nitrogens with zero attached hydrogens (tertiary/aromatic N) is 6. The van der Waals surface area contributed by atoms with Gasteiger partial charge in [0.2, 0.25) is 0 Å². The number of rotatable bonds is 6. The number of nitrogens with one attached hydrogen (secondary N) is 1. The van der Waals surface area contributed by atoms with Gasteiger partial charge in [0.05, 0.1) is 12.6 Å². The molecule has 1 N–H and O–H groups in total. The van der Waals surface area contributed by atoms with Crippen LogP contribution in [0, 0.1) is 20.8 Å². The zero-order valence-corrected chi connectivity index (χ0v) is 22.4. The number of H-pyrrole nitrogens is 1. The minimum absolute atomic E-state index is 0.0941. The summed E-state index contributed by atoms with van der Waals surface area (Å²) in [6, 6.07) is 14.4. The minimum Gasteiger partial charge on any atom is -0.376 e. The van der Waals surface area contributed by atoms with Gasteiger partial charge in [-0.1, -0.05) is 23.8 Å². The van der Waals surface area contributed by atoms with Crippen LogP contribution >= 0.6 is 0 Å². The molecule has 2 aliphatic rings. The van der Waals surface area contributed by atoms with E-state index in [0.29, 0.717) is 17.9 Å². The van der Waals surface area contributed by atoms with Crippen LogP contribution in [0.3, 0.4) is 0 Å². The predicted molar refractivity (Wildman–Crippen MR) is 148 cm³/mol. The summed E-state index contributed by atoms with van der Waals surface area (Å²) >= 11 is 0. The predicted octanol–water partition coefficient (Wildman–Crippen LogP) is 3.53. The highest BCUT2D eigenvalue weighted by atomic mass is 16.5. The van der Waals surface area contributed by atoms with Crippen molar-refractivity contribution < 1.29 is 4.74 Å². The van der Waals surface area contributed by atoms with Crippen LogP contribution in [0.5, 0.6) is 0 Å². The monoisotopic (exact) mass is 513 g/mol. The van der Waals surface area contributed by atoms with Crippen molar-refractivity contribution in [2.24, 2.45) is 0 Å². The first-order valence-electron chi connectivity index (χ1n) is 13.5. The molecule has 0 bridgehead atoms. The van der Waals surface area contributed by atoms with E-state index in [0.717, 1.165) is 62.1 Å². The van der Waals surface area contributed by atoms with Crippen LogP contribution in [-0.4, -0.2) is 69.0 Å². The number of hydrogen-bond donors (Lipinski definition) is 1. The lowest BCUT2D eigenvalue weighted by Gasteiger charge is -2.40. The fraction of sp³-hybridized carbons (Fsp3) is 0.448. The molecule has 2 aromatic heterocycles. The molecule has 0 amide bonds. The van der Waals surface area contributed by atoms with Crippen molar-refractivity contribution in [3.63, 3.8) is 0 Å². The Bertz CT molecular complexity index is 1500. The number of fused-ring (bicyclic) bond motifs is 1. The molecule has 4 aromatic rings. The van der Waals surface area contributed by atoms with E-state index in [1.165, 1.54) is 16.8 Å². The Hall–Kier alpha value is -3.56. The summed E-state index contributed by atoms with van der Waals surface area (Å²) in [5.74, 6) is 0.693. The van der Waals surface area contributed by atoms with Crippen molar-refractivity contribution in [3.8, 4) is 0 Å². The third-order valence-electron chi connectivity index (χ3n) is 7.91. The largest absolute Gasteiger partial charge is 0.376 e. The van der Waals surface area contributed by atoms with Crippen LogP contribution in [0.25, 0.3) is 10.9 Å². The lowest BCUT2D eigenvalue weighted by atomic mass is 10.0. The van der Waals surface area contributed by atoms with Crippen LogP contribution in [0.4, 0.5) is 5.69 Å². The van der Waals surface area contributed by atoms with Crippen molar-refractivity contribution in [2.75, 3.05) is 37.7 Å². The number of pyridine rings is 1. The Balaban J connectivity index is 1.37. The summed E-state index contributed by atoms with van der Waals surface area (Å²) in [7, 11) is 0. The minimum atomic E-state index is -0.360. The number of benzene rings is 2. The summed E-state index contributed by atoms with van der Waals surface area (Å²) in [5.41, 5.74) is 6.38. The number of aromatic amines is 1. The van der Waals surface area contributed by atoms with Crippen LogP contribution in [-0.2, 0) is 11.3 Å². The first-order valence-corrected chi connectivity index (χ1v) is 13.5. The molecule has 4 heterocycles. The Morgan fingerprint density at radius 3 is 2.61 bits per heavy atom. The molecule has 198 valence electrons. The fourth-order valence-corrected chi connectivity index (χ4v) is 5.84. The summed E-state index contributed by atoms with van der Waals surface area (Å²) in [5, 5.41) is 13.9. The quantitative estimate of drug-likeness (QED) is 0.422. The third kappa shape index (κ3) is 4.83. The second-order valence-electron chi connectivity index (χ2n) is 10.7. The summed E-state index contributed by atoms with van der Waals surface area (Å²) < 4.78 is 7.73. The smallest absolute Gasteiger partial charge is 0.253 e. The maximum atomic E-state index is 13.5. The second kappa shape index (κ2) is 10.3. The van der Waals surface area contributed by atoms with E-state index in [9.17, 15) is 4.79 Å². The molecule has 2 aliphatic heterocycles. The Kier molecular flexibility index (Phi) is 6.71. The highest BCUT2D eigenvalue weighted by Crippen LogP contribution is 2.30. The van der Waals surface area contributed by atoms with E-state index in [1.54, 1.807) is 0 Å². The zero-order chi connectivity index (χ0) is 26.2. The van der Waals surface area contributed by atoms with Crippen LogP contribution in [0.1, 0.15) is 47.0 Å². The van der Waals surface area contributed by atoms with E-state index < -0.39 is 0 Å². The van der Waals surface area contributed by atoms with Crippen LogP contribution in [0.15, 0.2) is 47.3 Å². The lowest BCUT2D eigenvalue weighted by molar-refractivity contribution is 0.0906. The van der Waals surface area contributed by atoms with Gasteiger partial charge in [-0.05, 0) is 84.8 Å². The number of anilines is 1. The number of tetrazole rings is 1. The van der Waals surface area contributed by atoms with E-state index in [-0.39, 0.29) is 17.7 Å². The van der Waals surface area contributed by atoms with E-state index in [4.69, 9.17) is 4.74 Å². The molecule has 9 nitrogen and oxygen atoms in total. The average Bonchev–Trinajstić information content (AvgIpc) is 3.60. The van der Waals surface area contributed by atoms with Gasteiger partial charge in [-0.2, -0.15) is 0 Å². The number of aryl methyl sites for hydroxylation is 3. The van der Waals surface area contributed by atoms with Crippen molar-refractivity contribution in [1.29, 1.82) is 0 Å². The Morgan fingerprint density at radius 2 is 1.82 bits per heavy atom. The van der Waals surface area contributed by atoms with Crippen molar-refractivity contribution in [1.82, 2.24) is 30.1 Å². The van der Waals surface area contributed by atoms with Gasteiger partial charge in [0.1, 0.15) is 6.04 Å². The SMILES string of the molecule is Cc1ccc(C)c(N2CCN([C@H](c3cc4cc(C)ccc4[nH]c3=O)c3nnnn3C[C@H]3CCCO3)CC2)c1. The Labute approximate surface area is 222 Å². The molecule has 2 atom stereocenters. The fourth-order valence-electron chi connectivity index (χ4n) is 5.84. The zero-order valence-electron chi connectivity index (χ0n) is 22.4. The molecule has 0 unspecified atom stereocenters. The molecule has 0 aliphatic carbocycles. The van der Waals surface area contributed by atoms with Gasteiger partial charge >= 0.3 is 0 Å². The van der Waals surface area contributed by atoms with Gasteiger partial charge in [0, 0.05) is 49.6 Å². The summed E-state index contributed by atoms with van der Waals surface area (Å²) in [6.07, 6.45) is 2.14. The first kappa shape index (κ1) is 24.8. The molecule has 38 heavy (non-hydrogen) atoms. The Morgan fingerprint density at radius 1 is 1.03 bits per heavy atom. The van der Waals surface area contributed by atoms with Gasteiger partial charge in [0.25, 0.3) is 5.56 Å². The molecular formula is C29H35N7O2. The topological polar surface area (TPSA) is 92.2 Å². The molecule has 0 radical (unpaired) electrons. The highest BCUT2D eigenvalue weighted by molar-refractivity contribution is 5.79.